The molecule has 1 aliphatic rings. The number of hydrogen-bond acceptors (Lipinski definition) is 2. The Morgan fingerprint density at radius 1 is 1.73 bits per heavy atom. The van der Waals surface area contributed by atoms with Crippen molar-refractivity contribution in [1.29, 1.82) is 0 Å². The lowest BCUT2D eigenvalue weighted by Gasteiger charge is -2.04. The molecule has 1 heterocycles. The Hall–Kier alpha value is -1.02. The number of hydrogen-bond donors (Lipinski definition) is 0. The number of methoxy groups -OCH3 is 1. The zero-order valence-corrected chi connectivity index (χ0v) is 6.67. The van der Waals surface area contributed by atoms with Gasteiger partial charge in [-0.25, -0.2) is 0 Å². The van der Waals surface area contributed by atoms with E-state index < -0.39 is 0 Å². The Balaban J connectivity index is 2.59. The van der Waals surface area contributed by atoms with Crippen LogP contribution in [-0.2, 0) is 9.47 Å². The molecule has 0 spiro atoms. The standard InChI is InChI=1S/C9H12O2/c1-4-5-8(10-3)7(2)9-6-11-9/h4-5,9H,1-2,6H2,3H3/b8-5+. The van der Waals surface area contributed by atoms with Gasteiger partial charge in [-0.2, -0.15) is 0 Å². The van der Waals surface area contributed by atoms with E-state index in [0.717, 1.165) is 17.9 Å². The van der Waals surface area contributed by atoms with Crippen molar-refractivity contribution in [2.45, 2.75) is 6.10 Å². The van der Waals surface area contributed by atoms with Gasteiger partial charge >= 0.3 is 0 Å². The molecule has 0 bridgehead atoms. The summed E-state index contributed by atoms with van der Waals surface area (Å²) >= 11 is 0. The highest BCUT2D eigenvalue weighted by molar-refractivity contribution is 5.31. The Bertz CT molecular complexity index is 200. The highest BCUT2D eigenvalue weighted by Crippen LogP contribution is 2.24. The average Bonchev–Trinajstić information content (AvgIpc) is 2.81. The molecule has 1 unspecified atom stereocenters. The third-order valence-corrected chi connectivity index (χ3v) is 1.53. The minimum absolute atomic E-state index is 0.168. The zero-order chi connectivity index (χ0) is 8.27. The smallest absolute Gasteiger partial charge is 0.124 e. The highest BCUT2D eigenvalue weighted by Gasteiger charge is 2.28. The minimum atomic E-state index is 0.168. The molecule has 0 aromatic carbocycles. The molecule has 0 radical (unpaired) electrons. The first-order chi connectivity index (χ1) is 5.29. The minimum Gasteiger partial charge on any atom is -0.496 e. The lowest BCUT2D eigenvalue weighted by Crippen LogP contribution is -1.97. The lowest BCUT2D eigenvalue weighted by atomic mass is 10.2. The first-order valence-electron chi connectivity index (χ1n) is 3.47. The van der Waals surface area contributed by atoms with Gasteiger partial charge in [0.1, 0.15) is 11.9 Å². The van der Waals surface area contributed by atoms with E-state index in [1.807, 2.05) is 0 Å². The van der Waals surface area contributed by atoms with Gasteiger partial charge in [0.05, 0.1) is 13.7 Å². The Morgan fingerprint density at radius 2 is 2.36 bits per heavy atom. The van der Waals surface area contributed by atoms with Crippen molar-refractivity contribution < 1.29 is 9.47 Å². The van der Waals surface area contributed by atoms with E-state index in [1.54, 1.807) is 19.3 Å². The Kier molecular flexibility index (Phi) is 2.49. The van der Waals surface area contributed by atoms with Gasteiger partial charge in [0.15, 0.2) is 0 Å². The molecule has 0 aliphatic carbocycles. The molecule has 11 heavy (non-hydrogen) atoms. The molecule has 0 aromatic rings. The second kappa shape index (κ2) is 3.39. The van der Waals surface area contributed by atoms with Gasteiger partial charge < -0.3 is 9.47 Å². The first kappa shape index (κ1) is 8.08. The molecule has 1 aliphatic heterocycles. The van der Waals surface area contributed by atoms with E-state index in [9.17, 15) is 0 Å². The average molecular weight is 152 g/mol. The summed E-state index contributed by atoms with van der Waals surface area (Å²) in [4.78, 5) is 0. The first-order valence-corrected chi connectivity index (χ1v) is 3.47. The largest absolute Gasteiger partial charge is 0.496 e. The molecular weight excluding hydrogens is 140 g/mol. The molecule has 2 nitrogen and oxygen atoms in total. The lowest BCUT2D eigenvalue weighted by molar-refractivity contribution is 0.293. The highest BCUT2D eigenvalue weighted by atomic mass is 16.6. The van der Waals surface area contributed by atoms with Crippen LogP contribution in [0.2, 0.25) is 0 Å². The van der Waals surface area contributed by atoms with Crippen LogP contribution in [0.4, 0.5) is 0 Å². The van der Waals surface area contributed by atoms with Crippen LogP contribution < -0.4 is 0 Å². The van der Waals surface area contributed by atoms with Crippen LogP contribution in [0.5, 0.6) is 0 Å². The topological polar surface area (TPSA) is 21.8 Å². The van der Waals surface area contributed by atoms with Crippen LogP contribution in [-0.4, -0.2) is 19.8 Å². The van der Waals surface area contributed by atoms with Gasteiger partial charge in [-0.3, -0.25) is 0 Å². The van der Waals surface area contributed by atoms with Crippen molar-refractivity contribution in [3.63, 3.8) is 0 Å². The Morgan fingerprint density at radius 3 is 2.73 bits per heavy atom. The number of epoxide rings is 1. The van der Waals surface area contributed by atoms with E-state index in [4.69, 9.17) is 9.47 Å². The number of ether oxygens (including phenoxy) is 2. The molecule has 2 heteroatoms. The van der Waals surface area contributed by atoms with Gasteiger partial charge in [0, 0.05) is 5.57 Å². The van der Waals surface area contributed by atoms with Crippen LogP contribution in [0, 0.1) is 0 Å². The van der Waals surface area contributed by atoms with Crippen LogP contribution in [0.1, 0.15) is 0 Å². The predicted molar refractivity (Wildman–Crippen MR) is 44.2 cm³/mol. The van der Waals surface area contributed by atoms with Crippen molar-refractivity contribution >= 4 is 0 Å². The molecule has 0 aromatic heterocycles. The van der Waals surface area contributed by atoms with Gasteiger partial charge in [-0.1, -0.05) is 19.2 Å². The molecule has 1 atom stereocenters. The predicted octanol–water partition coefficient (Wildman–Crippen LogP) is 1.66. The van der Waals surface area contributed by atoms with Crippen LogP contribution in [0.25, 0.3) is 0 Å². The normalized spacial score (nSPS) is 22.6. The van der Waals surface area contributed by atoms with E-state index >= 15 is 0 Å². The SMILES string of the molecule is C=C/C=C(/OC)C(=C)C1CO1. The summed E-state index contributed by atoms with van der Waals surface area (Å²) in [5, 5.41) is 0. The van der Waals surface area contributed by atoms with Crippen molar-refractivity contribution in [2.24, 2.45) is 0 Å². The van der Waals surface area contributed by atoms with Crippen LogP contribution >= 0.6 is 0 Å². The summed E-state index contributed by atoms with van der Waals surface area (Å²) in [6, 6.07) is 0. The second-order valence-electron chi connectivity index (χ2n) is 2.32. The van der Waals surface area contributed by atoms with Gasteiger partial charge in [0.25, 0.3) is 0 Å². The maximum atomic E-state index is 5.06. The summed E-state index contributed by atoms with van der Waals surface area (Å²) < 4.78 is 10.1. The van der Waals surface area contributed by atoms with Gasteiger partial charge in [-0.15, -0.1) is 0 Å². The molecule has 0 N–H and O–H groups in total. The molecule has 0 amide bonds. The summed E-state index contributed by atoms with van der Waals surface area (Å²) in [6.45, 7) is 8.17. The zero-order valence-electron chi connectivity index (χ0n) is 6.67. The van der Waals surface area contributed by atoms with Crippen molar-refractivity contribution in [3.8, 4) is 0 Å². The summed E-state index contributed by atoms with van der Waals surface area (Å²) in [6.07, 6.45) is 3.62. The van der Waals surface area contributed by atoms with Gasteiger partial charge in [-0.05, 0) is 6.08 Å². The summed E-state index contributed by atoms with van der Waals surface area (Å²) in [5.41, 5.74) is 0.896. The van der Waals surface area contributed by atoms with E-state index in [0.29, 0.717) is 0 Å². The van der Waals surface area contributed by atoms with Crippen molar-refractivity contribution in [3.05, 3.63) is 36.6 Å². The monoisotopic (exact) mass is 152 g/mol. The van der Waals surface area contributed by atoms with Crippen molar-refractivity contribution in [2.75, 3.05) is 13.7 Å². The summed E-state index contributed by atoms with van der Waals surface area (Å²) in [5.74, 6) is 0.752. The maximum absolute atomic E-state index is 5.06. The van der Waals surface area contributed by atoms with Gasteiger partial charge in [0.2, 0.25) is 0 Å². The molecule has 60 valence electrons. The Labute approximate surface area is 66.8 Å². The fraction of sp³-hybridized carbons (Fsp3) is 0.333. The fourth-order valence-electron chi connectivity index (χ4n) is 0.821. The van der Waals surface area contributed by atoms with Crippen molar-refractivity contribution in [1.82, 2.24) is 0 Å². The second-order valence-corrected chi connectivity index (χ2v) is 2.32. The third kappa shape index (κ3) is 1.95. The quantitative estimate of drug-likeness (QED) is 0.347. The number of allylic oxidation sites excluding steroid dienone is 2. The molecule has 1 rings (SSSR count). The van der Waals surface area contributed by atoms with Crippen LogP contribution in [0.15, 0.2) is 36.6 Å². The molecule has 1 saturated heterocycles. The third-order valence-electron chi connectivity index (χ3n) is 1.53. The van der Waals surface area contributed by atoms with Crippen LogP contribution in [0.3, 0.4) is 0 Å². The molecular formula is C9H12O2. The summed E-state index contributed by atoms with van der Waals surface area (Å²) in [7, 11) is 1.61. The molecule has 1 fully saturated rings. The van der Waals surface area contributed by atoms with E-state index in [-0.39, 0.29) is 6.10 Å². The van der Waals surface area contributed by atoms with E-state index in [1.165, 1.54) is 0 Å². The number of rotatable bonds is 4. The fourth-order valence-corrected chi connectivity index (χ4v) is 0.821. The molecule has 0 saturated carbocycles. The van der Waals surface area contributed by atoms with E-state index in [2.05, 4.69) is 13.2 Å². The maximum Gasteiger partial charge on any atom is 0.124 e.